The van der Waals surface area contributed by atoms with Crippen LogP contribution in [0.5, 0.6) is 5.75 Å². The van der Waals surface area contributed by atoms with Gasteiger partial charge in [-0.3, -0.25) is 9.69 Å². The lowest BCUT2D eigenvalue weighted by molar-refractivity contribution is 0.0695. The van der Waals surface area contributed by atoms with Gasteiger partial charge in [0.2, 0.25) is 5.43 Å². The summed E-state index contributed by atoms with van der Waals surface area (Å²) in [4.78, 5) is 26.5. The van der Waals surface area contributed by atoms with Crippen LogP contribution in [0.4, 0.5) is 0 Å². The fraction of sp³-hybridized carbons (Fsp3) is 0.500. The van der Waals surface area contributed by atoms with Crippen molar-refractivity contribution in [3.05, 3.63) is 38.6 Å². The number of carboxylic acids is 1. The molecule has 1 atom stereocenters. The van der Waals surface area contributed by atoms with Crippen LogP contribution in [0.25, 0.3) is 10.9 Å². The highest BCUT2D eigenvalue weighted by molar-refractivity contribution is 6.36. The average Bonchev–Trinajstić information content (AvgIpc) is 3.42. The molecule has 0 spiro atoms. The Morgan fingerprint density at radius 2 is 2.14 bits per heavy atom. The highest BCUT2D eigenvalue weighted by Crippen LogP contribution is 2.50. The molecule has 2 fully saturated rings. The molecule has 1 aliphatic heterocycles. The molecule has 8 heteroatoms. The van der Waals surface area contributed by atoms with Gasteiger partial charge in [0.1, 0.15) is 11.3 Å². The minimum absolute atomic E-state index is 0.0818. The van der Waals surface area contributed by atoms with E-state index in [9.17, 15) is 19.8 Å². The average molecular weight is 406 g/mol. The van der Waals surface area contributed by atoms with Gasteiger partial charge >= 0.3 is 5.97 Å². The van der Waals surface area contributed by atoms with Crippen LogP contribution in [0.15, 0.2) is 17.1 Å². The second-order valence-electron chi connectivity index (χ2n) is 7.73. The van der Waals surface area contributed by atoms with E-state index in [2.05, 4.69) is 4.90 Å². The summed E-state index contributed by atoms with van der Waals surface area (Å²) in [5.41, 5.74) is 5.63. The third kappa shape index (κ3) is 2.64. The van der Waals surface area contributed by atoms with Crippen molar-refractivity contribution in [1.82, 2.24) is 9.47 Å². The summed E-state index contributed by atoms with van der Waals surface area (Å²) in [7, 11) is 0. The summed E-state index contributed by atoms with van der Waals surface area (Å²) in [6, 6.07) is 1.50. The van der Waals surface area contributed by atoms with Crippen molar-refractivity contribution in [2.75, 3.05) is 13.2 Å². The van der Waals surface area contributed by atoms with Crippen molar-refractivity contribution in [2.24, 2.45) is 5.73 Å². The van der Waals surface area contributed by atoms with Crippen molar-refractivity contribution in [3.63, 3.8) is 0 Å². The molecule has 2 aromatic rings. The van der Waals surface area contributed by atoms with E-state index in [1.54, 1.807) is 4.57 Å². The molecule has 0 amide bonds. The van der Waals surface area contributed by atoms with Crippen LogP contribution in [0.3, 0.4) is 0 Å². The number of fused-ring (bicyclic) bond motifs is 1. The number of halogens is 1. The molecule has 4 N–H and O–H groups in total. The van der Waals surface area contributed by atoms with Crippen molar-refractivity contribution in [1.29, 1.82) is 0 Å². The number of rotatable bonds is 5. The van der Waals surface area contributed by atoms with E-state index in [1.807, 2.05) is 6.92 Å². The quantitative estimate of drug-likeness (QED) is 0.705. The lowest BCUT2D eigenvalue weighted by Crippen LogP contribution is -2.44. The third-order valence-electron chi connectivity index (χ3n) is 6.30. The first-order chi connectivity index (χ1) is 13.4. The summed E-state index contributed by atoms with van der Waals surface area (Å²) >= 11 is 6.86. The SMILES string of the molecule is CCC1(c2c(O)cc3c(=O)c(C(=O)O)cn(C4CC4)c3c2Cl)CCCN1CN. The number of nitrogens with two attached hydrogens (primary N) is 1. The summed E-state index contributed by atoms with van der Waals surface area (Å²) in [6.07, 6.45) is 5.65. The number of pyridine rings is 1. The van der Waals surface area contributed by atoms with Gasteiger partial charge in [0.25, 0.3) is 0 Å². The third-order valence-corrected chi connectivity index (χ3v) is 6.67. The lowest BCUT2D eigenvalue weighted by Gasteiger charge is -2.39. The van der Waals surface area contributed by atoms with E-state index in [0.29, 0.717) is 29.2 Å². The number of benzene rings is 1. The smallest absolute Gasteiger partial charge is 0.341 e. The van der Waals surface area contributed by atoms with E-state index in [-0.39, 0.29) is 22.7 Å². The van der Waals surface area contributed by atoms with Crippen LogP contribution in [-0.2, 0) is 5.54 Å². The Morgan fingerprint density at radius 1 is 1.43 bits per heavy atom. The van der Waals surface area contributed by atoms with Crippen LogP contribution < -0.4 is 11.2 Å². The summed E-state index contributed by atoms with van der Waals surface area (Å²) < 4.78 is 1.80. The molecule has 1 aromatic heterocycles. The molecule has 1 aromatic carbocycles. The highest BCUT2D eigenvalue weighted by atomic mass is 35.5. The number of aromatic carboxylic acids is 1. The predicted octanol–water partition coefficient (Wildman–Crippen LogP) is 3.01. The van der Waals surface area contributed by atoms with Gasteiger partial charge in [0, 0.05) is 31.0 Å². The maximum absolute atomic E-state index is 12.8. The second kappa shape index (κ2) is 6.76. The first-order valence-electron chi connectivity index (χ1n) is 9.65. The van der Waals surface area contributed by atoms with Crippen molar-refractivity contribution in [2.45, 2.75) is 50.6 Å². The van der Waals surface area contributed by atoms with Gasteiger partial charge in [-0.25, -0.2) is 4.79 Å². The number of carboxylic acid groups (broad SMARTS) is 1. The molecule has 1 unspecified atom stereocenters. The minimum atomic E-state index is -1.28. The number of likely N-dealkylation sites (tertiary alicyclic amines) is 1. The van der Waals surface area contributed by atoms with Gasteiger partial charge in [0.05, 0.1) is 21.5 Å². The summed E-state index contributed by atoms with van der Waals surface area (Å²) in [5, 5.41) is 20.8. The van der Waals surface area contributed by atoms with Gasteiger partial charge in [-0.05, 0) is 38.2 Å². The van der Waals surface area contributed by atoms with Gasteiger partial charge in [-0.15, -0.1) is 0 Å². The first-order valence-corrected chi connectivity index (χ1v) is 10.0. The Bertz CT molecular complexity index is 1030. The molecular weight excluding hydrogens is 382 g/mol. The van der Waals surface area contributed by atoms with Crippen LogP contribution in [0.2, 0.25) is 5.02 Å². The Labute approximate surface area is 167 Å². The predicted molar refractivity (Wildman–Crippen MR) is 107 cm³/mol. The number of phenols is 1. The standard InChI is InChI=1S/C20H24ClN3O4/c1-2-20(6-3-7-23(20)10-22)15-14(25)8-12-17(16(15)21)24(11-4-5-11)9-13(18(12)26)19(27)28/h8-9,11,25H,2-7,10,22H2,1H3,(H,27,28). The zero-order valence-electron chi connectivity index (χ0n) is 15.7. The van der Waals surface area contributed by atoms with E-state index >= 15 is 0 Å². The maximum atomic E-state index is 12.8. The number of nitrogens with zero attached hydrogens (tertiary/aromatic N) is 2. The molecule has 1 saturated carbocycles. The van der Waals surface area contributed by atoms with Crippen LogP contribution in [0, 0.1) is 0 Å². The Balaban J connectivity index is 2.09. The highest BCUT2D eigenvalue weighted by Gasteiger charge is 2.44. The Morgan fingerprint density at radius 3 is 2.71 bits per heavy atom. The van der Waals surface area contributed by atoms with Crippen molar-refractivity contribution < 1.29 is 15.0 Å². The fourth-order valence-corrected chi connectivity index (χ4v) is 5.23. The van der Waals surface area contributed by atoms with Gasteiger partial charge in [-0.1, -0.05) is 18.5 Å². The number of hydrogen-bond acceptors (Lipinski definition) is 5. The van der Waals surface area contributed by atoms with Gasteiger partial charge in [0.15, 0.2) is 0 Å². The Hall–Kier alpha value is -2.09. The monoisotopic (exact) mass is 405 g/mol. The zero-order chi connectivity index (χ0) is 20.2. The van der Waals surface area contributed by atoms with Crippen molar-refractivity contribution in [3.8, 4) is 5.75 Å². The van der Waals surface area contributed by atoms with E-state index in [0.717, 1.165) is 32.2 Å². The molecular formula is C20H24ClN3O4. The number of hydrogen-bond donors (Lipinski definition) is 3. The van der Waals surface area contributed by atoms with Crippen molar-refractivity contribution >= 4 is 28.5 Å². The minimum Gasteiger partial charge on any atom is -0.508 e. The second-order valence-corrected chi connectivity index (χ2v) is 8.11. The van der Waals surface area contributed by atoms with Gasteiger partial charge in [-0.2, -0.15) is 0 Å². The van der Waals surface area contributed by atoms with E-state index in [4.69, 9.17) is 17.3 Å². The molecule has 0 radical (unpaired) electrons. The topological polar surface area (TPSA) is 109 Å². The maximum Gasteiger partial charge on any atom is 0.341 e. The fourth-order valence-electron chi connectivity index (χ4n) is 4.76. The summed E-state index contributed by atoms with van der Waals surface area (Å²) in [5.74, 6) is -1.36. The molecule has 1 saturated heterocycles. The number of phenolic OH excluding ortho intramolecular Hbond substituents is 1. The molecule has 0 bridgehead atoms. The van der Waals surface area contributed by atoms with Gasteiger partial charge < -0.3 is 20.5 Å². The summed E-state index contributed by atoms with van der Waals surface area (Å²) in [6.45, 7) is 3.19. The van der Waals surface area contributed by atoms with E-state index in [1.165, 1.54) is 12.3 Å². The van der Waals surface area contributed by atoms with E-state index < -0.39 is 16.9 Å². The molecule has 7 nitrogen and oxygen atoms in total. The van der Waals surface area contributed by atoms with Crippen LogP contribution in [0.1, 0.15) is 61.0 Å². The Kier molecular flexibility index (Phi) is 4.64. The van der Waals surface area contributed by atoms with Crippen LogP contribution in [-0.4, -0.2) is 38.9 Å². The normalized spacial score (nSPS) is 22.8. The lowest BCUT2D eigenvalue weighted by atomic mass is 9.83. The molecule has 1 aliphatic carbocycles. The number of carbonyl (C=O) groups is 1. The molecule has 150 valence electrons. The molecule has 4 rings (SSSR count). The zero-order valence-corrected chi connectivity index (χ0v) is 16.5. The largest absolute Gasteiger partial charge is 0.508 e. The number of aromatic hydroxyl groups is 1. The molecule has 2 heterocycles. The molecule has 28 heavy (non-hydrogen) atoms. The number of aromatic nitrogens is 1. The first kappa shape index (κ1) is 19.2. The molecule has 2 aliphatic rings. The van der Waals surface area contributed by atoms with Crippen LogP contribution >= 0.6 is 11.6 Å².